The largest absolute Gasteiger partial charge is 0.440 e. The second-order valence-electron chi connectivity index (χ2n) is 7.04. The molecule has 1 fully saturated rings. The van der Waals surface area contributed by atoms with Crippen LogP contribution < -0.4 is 10.9 Å². The minimum Gasteiger partial charge on any atom is -0.440 e. The number of carbonyl (C=O) groups is 1. The first kappa shape index (κ1) is 19.2. The van der Waals surface area contributed by atoms with Crippen LogP contribution in [0.5, 0.6) is 0 Å². The maximum Gasteiger partial charge on any atom is 0.422 e. The molecule has 0 radical (unpaired) electrons. The summed E-state index contributed by atoms with van der Waals surface area (Å²) in [5.74, 6) is 0. The Morgan fingerprint density at radius 2 is 2.00 bits per heavy atom. The van der Waals surface area contributed by atoms with Gasteiger partial charge in [-0.3, -0.25) is 4.79 Å². The van der Waals surface area contributed by atoms with Crippen LogP contribution in [0.3, 0.4) is 0 Å². The van der Waals surface area contributed by atoms with E-state index in [1.54, 1.807) is 17.0 Å². The van der Waals surface area contributed by atoms with Crippen molar-refractivity contribution in [2.75, 3.05) is 6.61 Å². The molecule has 1 aliphatic carbocycles. The van der Waals surface area contributed by atoms with Gasteiger partial charge in [0.15, 0.2) is 6.61 Å². The normalized spacial score (nSPS) is 20.1. The van der Waals surface area contributed by atoms with Gasteiger partial charge >= 0.3 is 12.3 Å². The van der Waals surface area contributed by atoms with Crippen LogP contribution in [0, 0.1) is 0 Å². The zero-order valence-electron chi connectivity index (χ0n) is 15.2. The van der Waals surface area contributed by atoms with Crippen LogP contribution in [-0.2, 0) is 4.74 Å². The summed E-state index contributed by atoms with van der Waals surface area (Å²) in [4.78, 5) is 35.7. The van der Waals surface area contributed by atoms with Crippen molar-refractivity contribution >= 4 is 28.2 Å². The van der Waals surface area contributed by atoms with Gasteiger partial charge in [-0.1, -0.05) is 0 Å². The predicted molar refractivity (Wildman–Crippen MR) is 97.5 cm³/mol. The van der Waals surface area contributed by atoms with E-state index < -0.39 is 18.9 Å². The fourth-order valence-corrected chi connectivity index (χ4v) is 3.82. The average Bonchev–Trinajstić information content (AvgIpc) is 3.16. The lowest BCUT2D eigenvalue weighted by Crippen LogP contribution is -2.40. The highest BCUT2D eigenvalue weighted by Gasteiger charge is 2.31. The molecular weight excluding hydrogens is 391 g/mol. The zero-order valence-corrected chi connectivity index (χ0v) is 15.2. The number of fused-ring (bicyclic) bond motifs is 3. The predicted octanol–water partition coefficient (Wildman–Crippen LogP) is 3.05. The van der Waals surface area contributed by atoms with Gasteiger partial charge in [0, 0.05) is 23.7 Å². The Kier molecular flexibility index (Phi) is 4.89. The number of amides is 1. The van der Waals surface area contributed by atoms with Crippen molar-refractivity contribution in [3.8, 4) is 0 Å². The molecule has 0 aromatic carbocycles. The van der Waals surface area contributed by atoms with Gasteiger partial charge in [-0.25, -0.2) is 14.8 Å². The molecular formula is C18H18F3N5O3. The van der Waals surface area contributed by atoms with E-state index in [4.69, 9.17) is 0 Å². The van der Waals surface area contributed by atoms with Crippen molar-refractivity contribution < 1.29 is 22.7 Å². The molecule has 3 aromatic heterocycles. The van der Waals surface area contributed by atoms with E-state index in [1.165, 1.54) is 6.20 Å². The number of H-pyrrole nitrogens is 1. The molecule has 1 amide bonds. The van der Waals surface area contributed by atoms with Crippen LogP contribution in [0.4, 0.5) is 18.0 Å². The van der Waals surface area contributed by atoms with Crippen molar-refractivity contribution in [3.05, 3.63) is 35.0 Å². The molecule has 1 saturated carbocycles. The number of nitrogens with one attached hydrogen (secondary N) is 2. The molecule has 0 atom stereocenters. The van der Waals surface area contributed by atoms with Crippen LogP contribution in [-0.4, -0.2) is 44.4 Å². The second kappa shape index (κ2) is 7.37. The van der Waals surface area contributed by atoms with E-state index in [0.29, 0.717) is 42.4 Å². The summed E-state index contributed by atoms with van der Waals surface area (Å²) < 4.78 is 42.3. The molecule has 0 saturated heterocycles. The Bertz CT molecular complexity index is 1100. The van der Waals surface area contributed by atoms with E-state index in [0.717, 1.165) is 5.39 Å². The van der Waals surface area contributed by atoms with E-state index in [9.17, 15) is 22.8 Å². The molecule has 3 aromatic rings. The van der Waals surface area contributed by atoms with Gasteiger partial charge in [-0.05, 0) is 31.7 Å². The maximum atomic E-state index is 12.6. The summed E-state index contributed by atoms with van der Waals surface area (Å²) >= 11 is 0. The lowest BCUT2D eigenvalue weighted by atomic mass is 9.90. The maximum absolute atomic E-state index is 12.6. The SMILES string of the molecule is O=C(N[C@H]1CC[C@H](n2c(=O)cnc3cnc4[nH]ccc4c32)CC1)OCC(F)(F)F. The number of carbonyl (C=O) groups excluding carboxylic acids is 1. The topological polar surface area (TPSA) is 102 Å². The summed E-state index contributed by atoms with van der Waals surface area (Å²) in [5, 5.41) is 3.26. The van der Waals surface area contributed by atoms with E-state index in [-0.39, 0.29) is 17.6 Å². The molecule has 3 heterocycles. The number of alkyl carbamates (subject to hydrolysis) is 1. The van der Waals surface area contributed by atoms with Crippen LogP contribution in [0.1, 0.15) is 31.7 Å². The van der Waals surface area contributed by atoms with E-state index in [2.05, 4.69) is 25.0 Å². The standard InChI is InChI=1S/C18H18F3N5O3/c19-18(20,21)9-29-17(28)25-10-1-3-11(4-2-10)26-14(27)8-23-13-7-24-16-12(15(13)26)5-6-22-16/h5-8,10-11H,1-4,9H2,(H,22,24)(H,25,28)/t10-,11-. The first-order valence-electron chi connectivity index (χ1n) is 9.15. The number of rotatable bonds is 3. The van der Waals surface area contributed by atoms with Gasteiger partial charge in [0.2, 0.25) is 0 Å². The third-order valence-corrected chi connectivity index (χ3v) is 5.08. The summed E-state index contributed by atoms with van der Waals surface area (Å²) in [6.45, 7) is -1.62. The first-order valence-corrected chi connectivity index (χ1v) is 9.15. The lowest BCUT2D eigenvalue weighted by molar-refractivity contribution is -0.160. The van der Waals surface area contributed by atoms with Gasteiger partial charge in [0.1, 0.15) is 11.2 Å². The van der Waals surface area contributed by atoms with Crippen molar-refractivity contribution in [2.45, 2.75) is 43.9 Å². The van der Waals surface area contributed by atoms with Gasteiger partial charge in [0.05, 0.1) is 17.9 Å². The number of ether oxygens (including phenoxy) is 1. The molecule has 11 heteroatoms. The average molecular weight is 409 g/mol. The number of hydrogen-bond acceptors (Lipinski definition) is 5. The lowest BCUT2D eigenvalue weighted by Gasteiger charge is -2.30. The quantitative estimate of drug-likeness (QED) is 0.692. The minimum atomic E-state index is -4.56. The second-order valence-corrected chi connectivity index (χ2v) is 7.04. The van der Waals surface area contributed by atoms with Crippen LogP contribution in [0.15, 0.2) is 29.5 Å². The Labute approximate surface area is 162 Å². The van der Waals surface area contributed by atoms with Gasteiger partial charge in [-0.15, -0.1) is 0 Å². The number of aromatic nitrogens is 4. The number of alkyl halides is 3. The summed E-state index contributed by atoms with van der Waals surface area (Å²) in [7, 11) is 0. The molecule has 4 rings (SSSR count). The minimum absolute atomic E-state index is 0.113. The molecule has 0 aliphatic heterocycles. The molecule has 0 spiro atoms. The van der Waals surface area contributed by atoms with Crippen LogP contribution >= 0.6 is 0 Å². The van der Waals surface area contributed by atoms with Crippen molar-refractivity contribution in [1.82, 2.24) is 24.8 Å². The number of hydrogen-bond donors (Lipinski definition) is 2. The summed E-state index contributed by atoms with van der Waals surface area (Å²) in [6.07, 6.45) is 1.16. The molecule has 1 aliphatic rings. The smallest absolute Gasteiger partial charge is 0.422 e. The number of halogens is 3. The van der Waals surface area contributed by atoms with Crippen LogP contribution in [0.2, 0.25) is 0 Å². The molecule has 0 bridgehead atoms. The molecule has 29 heavy (non-hydrogen) atoms. The fraction of sp³-hybridized carbons (Fsp3) is 0.444. The summed E-state index contributed by atoms with van der Waals surface area (Å²) in [6, 6.07) is 1.43. The molecule has 2 N–H and O–H groups in total. The summed E-state index contributed by atoms with van der Waals surface area (Å²) in [5.41, 5.74) is 1.73. The van der Waals surface area contributed by atoms with Gasteiger partial charge in [0.25, 0.3) is 5.56 Å². The number of nitrogens with zero attached hydrogens (tertiary/aromatic N) is 3. The highest BCUT2D eigenvalue weighted by Crippen LogP contribution is 2.31. The fourth-order valence-electron chi connectivity index (χ4n) is 3.82. The van der Waals surface area contributed by atoms with Gasteiger partial charge < -0.3 is 19.6 Å². The van der Waals surface area contributed by atoms with Crippen molar-refractivity contribution in [1.29, 1.82) is 0 Å². The van der Waals surface area contributed by atoms with Gasteiger partial charge in [-0.2, -0.15) is 13.2 Å². The first-order chi connectivity index (χ1) is 13.8. The Balaban J connectivity index is 1.50. The van der Waals surface area contributed by atoms with E-state index in [1.807, 2.05) is 6.07 Å². The molecule has 8 nitrogen and oxygen atoms in total. The van der Waals surface area contributed by atoms with Crippen molar-refractivity contribution in [2.24, 2.45) is 0 Å². The highest BCUT2D eigenvalue weighted by atomic mass is 19.4. The highest BCUT2D eigenvalue weighted by molar-refractivity contribution is 6.00. The third kappa shape index (κ3) is 4.03. The zero-order chi connectivity index (χ0) is 20.6. The van der Waals surface area contributed by atoms with Crippen molar-refractivity contribution in [3.63, 3.8) is 0 Å². The Hall–Kier alpha value is -3.11. The number of aromatic amines is 1. The Morgan fingerprint density at radius 3 is 2.72 bits per heavy atom. The van der Waals surface area contributed by atoms with E-state index >= 15 is 0 Å². The third-order valence-electron chi connectivity index (χ3n) is 5.08. The molecule has 0 unspecified atom stereocenters. The molecule has 154 valence electrons. The Morgan fingerprint density at radius 1 is 1.24 bits per heavy atom. The monoisotopic (exact) mass is 409 g/mol. The number of pyridine rings is 1. The van der Waals surface area contributed by atoms with Crippen LogP contribution in [0.25, 0.3) is 22.1 Å².